The smallest absolute Gasteiger partial charge is 0.336 e. The molecular weight excluding hydrogens is 624 g/mol. The highest BCUT2D eigenvalue weighted by molar-refractivity contribution is 7.80. The standard InChI is InChI=1S/C33H36N6O7S/c34-32(35)36-13-4-2-6-29(43)38-20(18-40)5-1-3-14-37-33(47)39-19-7-10-23(26(15-19)31(44)45)30-24-11-8-21(41)16-27(24)46-28-17-22(42)9-12-25(28)30/h7-12,15-18,20,41H,1-6,13-14H2,(H,38,43)(H,44,45)(H4,34,35,36)(H2,37,39,47)/t20-/m0/s1. The number of carboxylic acid groups (broad SMARTS) is 1. The number of hydrogen-bond donors (Lipinski definition) is 8. The summed E-state index contributed by atoms with van der Waals surface area (Å²) in [5, 5.41) is 39.6. The second kappa shape index (κ2) is 16.2. The van der Waals surface area contributed by atoms with Gasteiger partial charge in [0.25, 0.3) is 0 Å². The number of aromatic hydroxyl groups is 1. The van der Waals surface area contributed by atoms with Crippen LogP contribution in [0.3, 0.4) is 0 Å². The zero-order valence-corrected chi connectivity index (χ0v) is 26.2. The number of carbonyl (C=O) groups is 3. The van der Waals surface area contributed by atoms with Crippen LogP contribution >= 0.6 is 12.2 Å². The number of hydrogen-bond acceptors (Lipinski definition) is 8. The fourth-order valence-electron chi connectivity index (χ4n) is 5.12. The zero-order chi connectivity index (χ0) is 33.9. The van der Waals surface area contributed by atoms with Crippen molar-refractivity contribution >= 4 is 58.1 Å². The third-order valence-electron chi connectivity index (χ3n) is 7.34. The number of anilines is 1. The number of nitrogens with one attached hydrogen (secondary N) is 5. The fraction of sp³-hybridized carbons (Fsp3) is 0.273. The summed E-state index contributed by atoms with van der Waals surface area (Å²) in [4.78, 5) is 48.0. The Bertz CT molecular complexity index is 1830. The normalized spacial score (nSPS) is 11.5. The summed E-state index contributed by atoms with van der Waals surface area (Å²) < 4.78 is 5.87. The van der Waals surface area contributed by atoms with Crippen LogP contribution in [0.25, 0.3) is 33.4 Å². The van der Waals surface area contributed by atoms with E-state index < -0.39 is 12.0 Å². The number of thiocarbonyl (C=S) groups is 1. The molecule has 13 nitrogen and oxygen atoms in total. The van der Waals surface area contributed by atoms with Crippen LogP contribution in [0.2, 0.25) is 0 Å². The first-order valence-corrected chi connectivity index (χ1v) is 15.4. The highest BCUT2D eigenvalue weighted by atomic mass is 32.1. The van der Waals surface area contributed by atoms with Gasteiger partial charge in [-0.25, -0.2) is 4.79 Å². The first-order chi connectivity index (χ1) is 22.5. The number of unbranched alkanes of at least 4 members (excludes halogenated alkanes) is 2. The number of phenols is 1. The van der Waals surface area contributed by atoms with Crippen LogP contribution in [0, 0.1) is 5.41 Å². The molecule has 1 aliphatic heterocycles. The molecule has 0 spiro atoms. The number of aromatic carboxylic acids is 1. The van der Waals surface area contributed by atoms with Gasteiger partial charge in [0.05, 0.1) is 11.6 Å². The van der Waals surface area contributed by atoms with Crippen molar-refractivity contribution in [1.82, 2.24) is 16.0 Å². The fourth-order valence-corrected chi connectivity index (χ4v) is 5.34. The van der Waals surface area contributed by atoms with Crippen molar-refractivity contribution in [2.75, 3.05) is 18.4 Å². The van der Waals surface area contributed by atoms with E-state index >= 15 is 0 Å². The van der Waals surface area contributed by atoms with Gasteiger partial charge in [0.1, 0.15) is 23.4 Å². The number of amides is 1. The lowest BCUT2D eigenvalue weighted by molar-refractivity contribution is -0.124. The van der Waals surface area contributed by atoms with Crippen LogP contribution < -0.4 is 32.4 Å². The molecule has 2 aliphatic rings. The van der Waals surface area contributed by atoms with Gasteiger partial charge in [-0.15, -0.1) is 0 Å². The van der Waals surface area contributed by atoms with Crippen LogP contribution in [0.4, 0.5) is 5.69 Å². The number of aldehydes is 1. The van der Waals surface area contributed by atoms with Crippen LogP contribution in [-0.4, -0.2) is 58.6 Å². The molecule has 47 heavy (non-hydrogen) atoms. The minimum atomic E-state index is -1.18. The molecule has 9 N–H and O–H groups in total. The highest BCUT2D eigenvalue weighted by Gasteiger charge is 2.22. The molecule has 4 rings (SSSR count). The summed E-state index contributed by atoms with van der Waals surface area (Å²) in [7, 11) is 0. The summed E-state index contributed by atoms with van der Waals surface area (Å²) in [5.74, 6) is -1.28. The molecule has 0 fully saturated rings. The third-order valence-corrected chi connectivity index (χ3v) is 7.58. The van der Waals surface area contributed by atoms with Gasteiger partial charge >= 0.3 is 5.97 Å². The Kier molecular flexibility index (Phi) is 11.8. The Labute approximate surface area is 275 Å². The lowest BCUT2D eigenvalue weighted by Crippen LogP contribution is -2.36. The zero-order valence-electron chi connectivity index (χ0n) is 25.4. The molecule has 2 aromatic rings. The molecule has 2 aromatic carbocycles. The molecule has 1 aliphatic carbocycles. The summed E-state index contributed by atoms with van der Waals surface area (Å²) in [5.41, 5.74) is 7.13. The van der Waals surface area contributed by atoms with Crippen molar-refractivity contribution in [3.63, 3.8) is 0 Å². The maximum absolute atomic E-state index is 12.5. The third kappa shape index (κ3) is 9.50. The molecule has 0 unspecified atom stereocenters. The molecule has 246 valence electrons. The number of guanidine groups is 1. The molecule has 0 radical (unpaired) electrons. The molecule has 1 atom stereocenters. The minimum Gasteiger partial charge on any atom is -0.508 e. The van der Waals surface area contributed by atoms with Gasteiger partial charge in [0.15, 0.2) is 16.5 Å². The number of fused-ring (bicyclic) bond motifs is 2. The number of carbonyl (C=O) groups excluding carboxylic acids is 2. The topological polar surface area (TPSA) is 220 Å². The molecule has 0 bridgehead atoms. The van der Waals surface area contributed by atoms with E-state index in [1.165, 1.54) is 30.3 Å². The maximum Gasteiger partial charge on any atom is 0.336 e. The van der Waals surface area contributed by atoms with Crippen molar-refractivity contribution in [1.29, 1.82) is 5.41 Å². The van der Waals surface area contributed by atoms with Crippen molar-refractivity contribution < 1.29 is 29.0 Å². The van der Waals surface area contributed by atoms with Crippen molar-refractivity contribution in [2.45, 2.75) is 44.6 Å². The number of benzene rings is 3. The Hall–Kier alpha value is -5.50. The molecule has 1 amide bonds. The lowest BCUT2D eigenvalue weighted by Gasteiger charge is -2.18. The summed E-state index contributed by atoms with van der Waals surface area (Å²) in [6.07, 6.45) is 4.06. The van der Waals surface area contributed by atoms with Crippen LogP contribution in [0.5, 0.6) is 5.75 Å². The van der Waals surface area contributed by atoms with E-state index in [-0.39, 0.29) is 45.9 Å². The Morgan fingerprint density at radius 1 is 0.979 bits per heavy atom. The van der Waals surface area contributed by atoms with Gasteiger partial charge < -0.3 is 46.4 Å². The Morgan fingerprint density at radius 2 is 1.72 bits per heavy atom. The van der Waals surface area contributed by atoms with Gasteiger partial charge in [-0.3, -0.25) is 15.0 Å². The number of phenolic OH excluding ortho intramolecular Hbond substituents is 1. The summed E-state index contributed by atoms with van der Waals surface area (Å²) >= 11 is 5.40. The van der Waals surface area contributed by atoms with E-state index in [1.54, 1.807) is 24.3 Å². The Morgan fingerprint density at radius 3 is 2.47 bits per heavy atom. The first kappa shape index (κ1) is 34.4. The van der Waals surface area contributed by atoms with E-state index in [9.17, 15) is 29.4 Å². The summed E-state index contributed by atoms with van der Waals surface area (Å²) in [6.45, 7) is 0.991. The van der Waals surface area contributed by atoms with E-state index in [4.69, 9.17) is 27.8 Å². The SMILES string of the molecule is N=C(N)NCCCCC(=O)N[C@H](C=O)CCCCNC(=S)Nc1ccc(-c2c3ccc(=O)cc-3oc3cc(O)ccc23)c(C(=O)O)c1. The average molecular weight is 661 g/mol. The average Bonchev–Trinajstić information content (AvgIpc) is 3.02. The quantitative estimate of drug-likeness (QED) is 0.0228. The molecule has 0 saturated carbocycles. The monoisotopic (exact) mass is 660 g/mol. The predicted molar refractivity (Wildman–Crippen MR) is 183 cm³/mol. The Balaban J connectivity index is 1.34. The largest absolute Gasteiger partial charge is 0.508 e. The van der Waals surface area contributed by atoms with Crippen molar-refractivity contribution in [3.05, 3.63) is 70.4 Å². The van der Waals surface area contributed by atoms with Crippen LogP contribution in [-0.2, 0) is 9.59 Å². The first-order valence-electron chi connectivity index (χ1n) is 15.0. The van der Waals surface area contributed by atoms with Crippen molar-refractivity contribution in [2.24, 2.45) is 5.73 Å². The van der Waals surface area contributed by atoms with Gasteiger partial charge in [0, 0.05) is 53.8 Å². The molecular formula is C33H36N6O7S. The molecule has 1 heterocycles. The second-order valence-electron chi connectivity index (χ2n) is 10.9. The lowest BCUT2D eigenvalue weighted by atomic mass is 9.90. The molecule has 0 saturated heterocycles. The molecule has 14 heteroatoms. The number of rotatable bonds is 15. The van der Waals surface area contributed by atoms with E-state index in [0.29, 0.717) is 78.5 Å². The van der Waals surface area contributed by atoms with Gasteiger partial charge in [-0.1, -0.05) is 6.07 Å². The van der Waals surface area contributed by atoms with Crippen molar-refractivity contribution in [3.8, 4) is 28.2 Å². The predicted octanol–water partition coefficient (Wildman–Crippen LogP) is 3.76. The van der Waals surface area contributed by atoms with Gasteiger partial charge in [-0.05, 0) is 86.3 Å². The van der Waals surface area contributed by atoms with Crippen LogP contribution in [0.15, 0.2) is 63.8 Å². The maximum atomic E-state index is 12.5. The highest BCUT2D eigenvalue weighted by Crippen LogP contribution is 2.42. The van der Waals surface area contributed by atoms with E-state index in [0.717, 1.165) is 6.29 Å². The number of nitrogens with two attached hydrogens (primary N) is 1. The minimum absolute atomic E-state index is 0.0134. The van der Waals surface area contributed by atoms with E-state index in [1.807, 2.05) is 0 Å². The second-order valence-corrected chi connectivity index (χ2v) is 11.3. The molecule has 0 aromatic heterocycles. The van der Waals surface area contributed by atoms with Crippen LogP contribution in [0.1, 0.15) is 48.9 Å². The summed E-state index contributed by atoms with van der Waals surface area (Å²) in [6, 6.07) is 13.0. The van der Waals surface area contributed by atoms with Gasteiger partial charge in [-0.2, -0.15) is 0 Å². The van der Waals surface area contributed by atoms with Gasteiger partial charge in [0.2, 0.25) is 5.91 Å². The van der Waals surface area contributed by atoms with E-state index in [2.05, 4.69) is 21.3 Å². The number of carboxylic acids is 1.